The van der Waals surface area contributed by atoms with E-state index in [1.807, 2.05) is 24.3 Å². The second-order valence-electron chi connectivity index (χ2n) is 10.1. The first-order chi connectivity index (χ1) is 19.2. The number of nitro groups is 1. The van der Waals surface area contributed by atoms with Crippen LogP contribution in [0.2, 0.25) is 0 Å². The van der Waals surface area contributed by atoms with Crippen molar-refractivity contribution in [1.82, 2.24) is 9.55 Å². The van der Waals surface area contributed by atoms with Crippen LogP contribution in [0.5, 0.6) is 17.5 Å². The number of nitrogens with zero attached hydrogens (tertiary/aromatic N) is 4. The van der Waals surface area contributed by atoms with Gasteiger partial charge in [0.1, 0.15) is 30.4 Å². The molecule has 5 rings (SSSR count). The Kier molecular flexibility index (Phi) is 8.32. The number of rotatable bonds is 10. The van der Waals surface area contributed by atoms with Crippen molar-refractivity contribution >= 4 is 11.5 Å². The molecule has 0 spiro atoms. The van der Waals surface area contributed by atoms with Gasteiger partial charge in [0.25, 0.3) is 0 Å². The largest absolute Gasteiger partial charge is 0.494 e. The molecule has 0 radical (unpaired) electrons. The van der Waals surface area contributed by atoms with E-state index in [-0.39, 0.29) is 17.9 Å². The van der Waals surface area contributed by atoms with Crippen molar-refractivity contribution in [3.63, 3.8) is 0 Å². The molecule has 2 aliphatic heterocycles. The molecule has 1 fully saturated rings. The van der Waals surface area contributed by atoms with Crippen LogP contribution in [0.3, 0.4) is 0 Å². The third-order valence-corrected chi connectivity index (χ3v) is 7.34. The van der Waals surface area contributed by atoms with Crippen LogP contribution in [0.4, 0.5) is 24.7 Å². The highest BCUT2D eigenvalue weighted by atomic mass is 19.4. The second-order valence-corrected chi connectivity index (χ2v) is 10.1. The predicted molar refractivity (Wildman–Crippen MR) is 141 cm³/mol. The number of hydrogen-bond donors (Lipinski definition) is 0. The number of benzene rings is 2. The van der Waals surface area contributed by atoms with Gasteiger partial charge in [0, 0.05) is 36.7 Å². The van der Waals surface area contributed by atoms with E-state index < -0.39 is 16.7 Å². The molecule has 0 N–H and O–H groups in total. The Morgan fingerprint density at radius 1 is 0.975 bits per heavy atom. The first kappa shape index (κ1) is 27.6. The Morgan fingerprint density at radius 3 is 2.33 bits per heavy atom. The van der Waals surface area contributed by atoms with E-state index in [2.05, 4.69) is 9.88 Å². The van der Waals surface area contributed by atoms with Crippen molar-refractivity contribution in [3.05, 3.63) is 70.4 Å². The van der Waals surface area contributed by atoms with Gasteiger partial charge in [-0.25, -0.2) is 0 Å². The Bertz CT molecular complexity index is 1270. The number of halogens is 3. The van der Waals surface area contributed by atoms with Crippen LogP contribution in [0.15, 0.2) is 54.7 Å². The minimum Gasteiger partial charge on any atom is -0.494 e. The standard InChI is InChI=1S/C28H31F3N4O5/c29-28(30,31)21-3-7-23(8-4-21)38-17-1-2-20-11-14-33(15-12-20)22-5-9-24(10-6-22)39-19-25-13-16-34-18-26(35(36)37)32-27(34)40-25/h3-10,18,20,25H,1-2,11-17,19H2. The van der Waals surface area contributed by atoms with Gasteiger partial charge >= 0.3 is 18.0 Å². The molecule has 2 aromatic carbocycles. The molecule has 0 saturated carbocycles. The zero-order chi connectivity index (χ0) is 28.1. The summed E-state index contributed by atoms with van der Waals surface area (Å²) in [5.41, 5.74) is 0.466. The number of imidazole rings is 1. The number of hydrogen-bond acceptors (Lipinski definition) is 7. The van der Waals surface area contributed by atoms with Gasteiger partial charge in [0.05, 0.1) is 12.2 Å². The van der Waals surface area contributed by atoms with Crippen LogP contribution in [0.1, 0.15) is 37.7 Å². The molecule has 1 aromatic heterocycles. The normalized spacial score (nSPS) is 17.7. The lowest BCUT2D eigenvalue weighted by atomic mass is 9.92. The number of anilines is 1. The minimum absolute atomic E-state index is 0.220. The maximum Gasteiger partial charge on any atom is 0.416 e. The summed E-state index contributed by atoms with van der Waals surface area (Å²) in [5, 5.41) is 10.9. The Balaban J connectivity index is 0.992. The molecule has 0 amide bonds. The van der Waals surface area contributed by atoms with Gasteiger partial charge in [-0.2, -0.15) is 13.2 Å². The van der Waals surface area contributed by atoms with Crippen LogP contribution in [-0.4, -0.2) is 46.9 Å². The maximum absolute atomic E-state index is 12.7. The van der Waals surface area contributed by atoms with E-state index in [0.29, 0.717) is 37.8 Å². The van der Waals surface area contributed by atoms with Crippen LogP contribution in [-0.2, 0) is 12.7 Å². The highest BCUT2D eigenvalue weighted by Gasteiger charge is 2.30. The molecule has 9 nitrogen and oxygen atoms in total. The van der Waals surface area contributed by atoms with Crippen molar-refractivity contribution in [2.45, 2.75) is 50.9 Å². The summed E-state index contributed by atoms with van der Waals surface area (Å²) >= 11 is 0. The van der Waals surface area contributed by atoms with Crippen molar-refractivity contribution < 1.29 is 32.3 Å². The molecular formula is C28H31F3N4O5. The summed E-state index contributed by atoms with van der Waals surface area (Å²) in [5.74, 6) is 1.57. The summed E-state index contributed by atoms with van der Waals surface area (Å²) in [4.78, 5) is 16.6. The van der Waals surface area contributed by atoms with Crippen molar-refractivity contribution in [3.8, 4) is 17.5 Å². The lowest BCUT2D eigenvalue weighted by Crippen LogP contribution is -2.33. The fourth-order valence-electron chi connectivity index (χ4n) is 5.06. The van der Waals surface area contributed by atoms with E-state index in [4.69, 9.17) is 14.2 Å². The van der Waals surface area contributed by atoms with Gasteiger partial charge < -0.3 is 29.2 Å². The molecule has 1 atom stereocenters. The van der Waals surface area contributed by atoms with E-state index in [1.165, 1.54) is 18.3 Å². The predicted octanol–water partition coefficient (Wildman–Crippen LogP) is 6.12. The Labute approximate surface area is 229 Å². The molecule has 3 aromatic rings. The molecule has 12 heteroatoms. The van der Waals surface area contributed by atoms with Crippen molar-refractivity contribution in [1.29, 1.82) is 0 Å². The van der Waals surface area contributed by atoms with Crippen molar-refractivity contribution in [2.75, 3.05) is 31.2 Å². The lowest BCUT2D eigenvalue weighted by Gasteiger charge is -2.33. The summed E-state index contributed by atoms with van der Waals surface area (Å²) in [6.45, 7) is 3.32. The van der Waals surface area contributed by atoms with Crippen LogP contribution >= 0.6 is 0 Å². The van der Waals surface area contributed by atoms with Crippen molar-refractivity contribution in [2.24, 2.45) is 5.92 Å². The Morgan fingerprint density at radius 2 is 1.65 bits per heavy atom. The first-order valence-corrected chi connectivity index (χ1v) is 13.4. The van der Waals surface area contributed by atoms with E-state index >= 15 is 0 Å². The SMILES string of the molecule is O=[N+]([O-])c1cn2c(n1)OC(COc1ccc(N3CCC(CCCOc4ccc(C(F)(F)F)cc4)CC3)cc1)CC2. The average Bonchev–Trinajstić information content (AvgIpc) is 3.39. The Hall–Kier alpha value is -3.96. The maximum atomic E-state index is 12.7. The zero-order valence-corrected chi connectivity index (χ0v) is 21.9. The third-order valence-electron chi connectivity index (χ3n) is 7.34. The van der Waals surface area contributed by atoms with E-state index in [0.717, 1.165) is 62.3 Å². The van der Waals surface area contributed by atoms with Crippen LogP contribution in [0.25, 0.3) is 0 Å². The highest BCUT2D eigenvalue weighted by molar-refractivity contribution is 5.49. The molecule has 1 saturated heterocycles. The molecule has 214 valence electrons. The first-order valence-electron chi connectivity index (χ1n) is 13.4. The molecule has 0 aliphatic carbocycles. The monoisotopic (exact) mass is 560 g/mol. The fourth-order valence-corrected chi connectivity index (χ4v) is 5.06. The molecule has 0 bridgehead atoms. The van der Waals surface area contributed by atoms with Crippen LogP contribution < -0.4 is 19.1 Å². The number of alkyl halides is 3. The quantitative estimate of drug-likeness (QED) is 0.168. The van der Waals surface area contributed by atoms with E-state index in [9.17, 15) is 23.3 Å². The van der Waals surface area contributed by atoms with Gasteiger partial charge in [0.15, 0.2) is 0 Å². The number of aryl methyl sites for hydroxylation is 1. The fraction of sp³-hybridized carbons (Fsp3) is 0.464. The van der Waals surface area contributed by atoms with Gasteiger partial charge in [-0.3, -0.25) is 4.57 Å². The zero-order valence-electron chi connectivity index (χ0n) is 21.9. The summed E-state index contributed by atoms with van der Waals surface area (Å²) in [6.07, 6.45) is 1.53. The summed E-state index contributed by atoms with van der Waals surface area (Å²) < 4.78 is 56.9. The van der Waals surface area contributed by atoms with E-state index in [1.54, 1.807) is 4.57 Å². The van der Waals surface area contributed by atoms with Crippen LogP contribution in [0, 0.1) is 16.0 Å². The van der Waals surface area contributed by atoms with Gasteiger partial charge in [-0.15, -0.1) is 0 Å². The number of fused-ring (bicyclic) bond motifs is 1. The highest BCUT2D eigenvalue weighted by Crippen LogP contribution is 2.31. The molecule has 2 aliphatic rings. The number of ether oxygens (including phenoxy) is 3. The molecule has 1 unspecified atom stereocenters. The summed E-state index contributed by atoms with van der Waals surface area (Å²) in [6, 6.07) is 13.0. The van der Waals surface area contributed by atoms with Gasteiger partial charge in [0.2, 0.25) is 0 Å². The number of aromatic nitrogens is 2. The molecule has 3 heterocycles. The summed E-state index contributed by atoms with van der Waals surface area (Å²) in [7, 11) is 0. The molecular weight excluding hydrogens is 529 g/mol. The minimum atomic E-state index is -4.34. The second kappa shape index (κ2) is 12.1. The van der Waals surface area contributed by atoms with Gasteiger partial charge in [-0.1, -0.05) is 0 Å². The molecule has 40 heavy (non-hydrogen) atoms. The number of piperidine rings is 1. The average molecular weight is 561 g/mol. The van der Waals surface area contributed by atoms with Gasteiger partial charge in [-0.05, 0) is 85.1 Å². The third kappa shape index (κ3) is 6.97. The topological polar surface area (TPSA) is 91.9 Å². The lowest BCUT2D eigenvalue weighted by molar-refractivity contribution is -0.389. The smallest absolute Gasteiger partial charge is 0.416 e.